The molecule has 1 atom stereocenters. The minimum absolute atomic E-state index is 0.0689. The maximum atomic E-state index is 14.1. The molecule has 0 radical (unpaired) electrons. The van der Waals surface area contributed by atoms with Gasteiger partial charge in [0.15, 0.2) is 0 Å². The Labute approximate surface area is 169 Å². The number of aromatic nitrogens is 2. The van der Waals surface area contributed by atoms with E-state index in [0.717, 1.165) is 0 Å². The highest BCUT2D eigenvalue weighted by Crippen LogP contribution is 2.22. The van der Waals surface area contributed by atoms with Gasteiger partial charge in [-0.25, -0.2) is 9.18 Å². The summed E-state index contributed by atoms with van der Waals surface area (Å²) in [5.74, 6) is -0.454. The number of hydrogen-bond donors (Lipinski definition) is 1. The lowest BCUT2D eigenvalue weighted by Crippen LogP contribution is -2.52. The minimum Gasteiger partial charge on any atom is -0.444 e. The molecule has 29 heavy (non-hydrogen) atoms. The van der Waals surface area contributed by atoms with Crippen LogP contribution in [0, 0.1) is 5.82 Å². The van der Waals surface area contributed by atoms with Crippen molar-refractivity contribution >= 4 is 12.0 Å². The van der Waals surface area contributed by atoms with Crippen LogP contribution in [-0.4, -0.2) is 51.4 Å². The predicted octanol–water partition coefficient (Wildman–Crippen LogP) is 2.93. The molecule has 3 rings (SSSR count). The summed E-state index contributed by atoms with van der Waals surface area (Å²) >= 11 is 0. The Kier molecular flexibility index (Phi) is 6.20. The van der Waals surface area contributed by atoms with Crippen molar-refractivity contribution in [3.05, 3.63) is 54.1 Å². The highest BCUT2D eigenvalue weighted by atomic mass is 19.1. The van der Waals surface area contributed by atoms with Gasteiger partial charge >= 0.3 is 6.09 Å². The van der Waals surface area contributed by atoms with Crippen molar-refractivity contribution in [2.24, 2.45) is 0 Å². The van der Waals surface area contributed by atoms with Crippen LogP contribution in [0.25, 0.3) is 0 Å². The molecule has 0 aliphatic carbocycles. The summed E-state index contributed by atoms with van der Waals surface area (Å²) in [5, 5.41) is 6.92. The molecule has 1 N–H and O–H groups in total. The first-order chi connectivity index (χ1) is 13.7. The maximum absolute atomic E-state index is 14.1. The van der Waals surface area contributed by atoms with E-state index in [1.54, 1.807) is 50.1 Å². The van der Waals surface area contributed by atoms with Crippen molar-refractivity contribution in [3.63, 3.8) is 0 Å². The van der Waals surface area contributed by atoms with Crippen LogP contribution >= 0.6 is 0 Å². The van der Waals surface area contributed by atoms with Gasteiger partial charge in [-0.05, 0) is 44.9 Å². The monoisotopic (exact) mass is 402 g/mol. The summed E-state index contributed by atoms with van der Waals surface area (Å²) in [5.41, 5.74) is -0.218. The zero-order valence-electron chi connectivity index (χ0n) is 17.0. The minimum atomic E-state index is -0.662. The molecule has 7 nitrogen and oxygen atoms in total. The highest BCUT2D eigenvalue weighted by Gasteiger charge is 2.33. The molecule has 1 aliphatic heterocycles. The fourth-order valence-corrected chi connectivity index (χ4v) is 3.24. The summed E-state index contributed by atoms with van der Waals surface area (Å²) in [6.07, 6.45) is 3.23. The summed E-state index contributed by atoms with van der Waals surface area (Å²) in [6, 6.07) is 7.80. The molecular weight excluding hydrogens is 375 g/mol. The van der Waals surface area contributed by atoms with Crippen LogP contribution in [0.2, 0.25) is 0 Å². The molecule has 8 heteroatoms. The van der Waals surface area contributed by atoms with Gasteiger partial charge < -0.3 is 15.0 Å². The lowest BCUT2D eigenvalue weighted by atomic mass is 10.0. The van der Waals surface area contributed by atoms with E-state index in [4.69, 9.17) is 4.74 Å². The number of amides is 2. The molecule has 2 amide bonds. The number of carbonyl (C=O) groups excluding carboxylic acids is 2. The molecule has 0 saturated carbocycles. The molecule has 0 spiro atoms. The average Bonchev–Trinajstić information content (AvgIpc) is 3.07. The van der Waals surface area contributed by atoms with E-state index in [1.165, 1.54) is 6.07 Å². The van der Waals surface area contributed by atoms with Crippen molar-refractivity contribution < 1.29 is 18.7 Å². The Morgan fingerprint density at radius 1 is 1.28 bits per heavy atom. The van der Waals surface area contributed by atoms with Gasteiger partial charge in [-0.2, -0.15) is 5.10 Å². The molecule has 156 valence electrons. The van der Waals surface area contributed by atoms with Gasteiger partial charge in [-0.15, -0.1) is 0 Å². The van der Waals surface area contributed by atoms with Crippen LogP contribution in [-0.2, 0) is 16.0 Å². The molecule has 1 aromatic carbocycles. The number of nitrogens with one attached hydrogen (secondary N) is 1. The van der Waals surface area contributed by atoms with Crippen LogP contribution in [0.15, 0.2) is 42.7 Å². The zero-order chi connectivity index (χ0) is 21.0. The average molecular weight is 402 g/mol. The van der Waals surface area contributed by atoms with Gasteiger partial charge in [-0.3, -0.25) is 9.48 Å². The molecule has 0 unspecified atom stereocenters. The van der Waals surface area contributed by atoms with Gasteiger partial charge in [-0.1, -0.05) is 18.2 Å². The van der Waals surface area contributed by atoms with Crippen molar-refractivity contribution in [1.82, 2.24) is 20.0 Å². The Morgan fingerprint density at radius 3 is 2.62 bits per heavy atom. The third-order valence-electron chi connectivity index (χ3n) is 4.68. The first-order valence-corrected chi connectivity index (χ1v) is 9.71. The summed E-state index contributed by atoms with van der Waals surface area (Å²) in [4.78, 5) is 26.6. The zero-order valence-corrected chi connectivity index (χ0v) is 17.0. The first kappa shape index (κ1) is 20.8. The number of alkyl carbamates (subject to hydrolysis) is 1. The molecule has 1 fully saturated rings. The lowest BCUT2D eigenvalue weighted by molar-refractivity contribution is -0.137. The normalized spacial score (nSPS) is 15.5. The number of rotatable bonds is 6. The smallest absolute Gasteiger partial charge is 0.407 e. The topological polar surface area (TPSA) is 76.5 Å². The van der Waals surface area contributed by atoms with Crippen LogP contribution in [0.4, 0.5) is 9.18 Å². The third-order valence-corrected chi connectivity index (χ3v) is 4.68. The van der Waals surface area contributed by atoms with Crippen molar-refractivity contribution in [2.45, 2.75) is 51.3 Å². The van der Waals surface area contributed by atoms with E-state index in [9.17, 15) is 14.0 Å². The fraction of sp³-hybridized carbons (Fsp3) is 0.476. The summed E-state index contributed by atoms with van der Waals surface area (Å²) in [7, 11) is 0. The third kappa shape index (κ3) is 5.79. The van der Waals surface area contributed by atoms with Gasteiger partial charge in [0.05, 0.1) is 6.04 Å². The second kappa shape index (κ2) is 8.63. The van der Waals surface area contributed by atoms with Crippen molar-refractivity contribution in [1.29, 1.82) is 0 Å². The van der Waals surface area contributed by atoms with E-state index in [2.05, 4.69) is 10.4 Å². The number of hydrogen-bond acceptors (Lipinski definition) is 4. The molecule has 1 aromatic heterocycles. The number of likely N-dealkylation sites (tertiary alicyclic amines) is 1. The quantitative estimate of drug-likeness (QED) is 0.806. The number of nitrogens with zero attached hydrogens (tertiary/aromatic N) is 3. The second-order valence-corrected chi connectivity index (χ2v) is 8.28. The lowest BCUT2D eigenvalue weighted by Gasteiger charge is -2.40. The van der Waals surface area contributed by atoms with E-state index in [-0.39, 0.29) is 30.6 Å². The molecular formula is C21H27FN4O3. The molecule has 1 saturated heterocycles. The van der Waals surface area contributed by atoms with E-state index in [0.29, 0.717) is 18.7 Å². The highest BCUT2D eigenvalue weighted by molar-refractivity contribution is 5.78. The van der Waals surface area contributed by atoms with Crippen LogP contribution in [0.3, 0.4) is 0 Å². The summed E-state index contributed by atoms with van der Waals surface area (Å²) < 4.78 is 21.2. The number of carbonyl (C=O) groups is 2. The Bertz CT molecular complexity index is 842. The fourth-order valence-electron chi connectivity index (χ4n) is 3.24. The van der Waals surface area contributed by atoms with Gasteiger partial charge in [0.2, 0.25) is 5.91 Å². The number of halogens is 1. The SMILES string of the molecule is CC(C)(C)OC(=O)N[C@@H](CC(=O)N1CC(n2cccn2)C1)Cc1ccccc1F. The van der Waals surface area contributed by atoms with Gasteiger partial charge in [0.25, 0.3) is 0 Å². The van der Waals surface area contributed by atoms with Crippen LogP contribution in [0.5, 0.6) is 0 Å². The van der Waals surface area contributed by atoms with Gasteiger partial charge in [0.1, 0.15) is 11.4 Å². The largest absolute Gasteiger partial charge is 0.444 e. The first-order valence-electron chi connectivity index (χ1n) is 9.71. The molecule has 1 aliphatic rings. The standard InChI is InChI=1S/C21H27FN4O3/c1-21(2,3)29-20(28)24-16(11-15-7-4-5-8-18(15)22)12-19(27)25-13-17(14-25)26-10-6-9-23-26/h4-10,16-17H,11-14H2,1-3H3,(H,24,28)/t16-/m1/s1. The number of ether oxygens (including phenoxy) is 1. The molecule has 2 aromatic rings. The van der Waals surface area contributed by atoms with Crippen molar-refractivity contribution in [3.8, 4) is 0 Å². The van der Waals surface area contributed by atoms with Crippen LogP contribution < -0.4 is 5.32 Å². The second-order valence-electron chi connectivity index (χ2n) is 8.28. The Hall–Kier alpha value is -2.90. The summed E-state index contributed by atoms with van der Waals surface area (Å²) in [6.45, 7) is 6.43. The van der Waals surface area contributed by atoms with E-state index < -0.39 is 17.7 Å². The maximum Gasteiger partial charge on any atom is 0.407 e. The van der Waals surface area contributed by atoms with Crippen molar-refractivity contribution in [2.75, 3.05) is 13.1 Å². The predicted molar refractivity (Wildman–Crippen MR) is 106 cm³/mol. The molecule has 0 bridgehead atoms. The molecule has 2 heterocycles. The van der Waals surface area contributed by atoms with E-state index in [1.807, 2.05) is 16.9 Å². The van der Waals surface area contributed by atoms with Crippen LogP contribution in [0.1, 0.15) is 38.8 Å². The Morgan fingerprint density at radius 2 is 2.00 bits per heavy atom. The van der Waals surface area contributed by atoms with E-state index >= 15 is 0 Å². The number of benzene rings is 1. The van der Waals surface area contributed by atoms with Gasteiger partial charge in [0, 0.05) is 37.9 Å². The Balaban J connectivity index is 1.62.